The predicted octanol–water partition coefficient (Wildman–Crippen LogP) is 1.46. The van der Waals surface area contributed by atoms with E-state index in [-0.39, 0.29) is 17.3 Å². The van der Waals surface area contributed by atoms with E-state index in [2.05, 4.69) is 17.1 Å². The number of aliphatic carboxylic acids is 1. The van der Waals surface area contributed by atoms with Crippen molar-refractivity contribution in [3.8, 4) is 0 Å². The Morgan fingerprint density at radius 2 is 1.85 bits per heavy atom. The molecule has 1 aliphatic rings. The molecule has 0 amide bonds. The Bertz CT molecular complexity index is 558. The van der Waals surface area contributed by atoms with Crippen LogP contribution in [0.3, 0.4) is 0 Å². The number of hydrogen-bond donors (Lipinski definition) is 3. The summed E-state index contributed by atoms with van der Waals surface area (Å²) >= 11 is 0. The molecular weight excluding hydrogens is 254 g/mol. The molecule has 1 aromatic carbocycles. The highest BCUT2D eigenvalue weighted by Gasteiger charge is 2.34. The molecule has 106 valence electrons. The van der Waals surface area contributed by atoms with E-state index >= 15 is 0 Å². The third-order valence-corrected chi connectivity index (χ3v) is 3.85. The zero-order chi connectivity index (χ0) is 14.7. The first kappa shape index (κ1) is 14.1. The van der Waals surface area contributed by atoms with E-state index in [1.807, 2.05) is 18.2 Å². The number of aliphatic imine (C=N–C) groups is 1. The molecular formula is C15H19N3O2. The summed E-state index contributed by atoms with van der Waals surface area (Å²) in [5.74, 6) is -0.631. The molecule has 2 rings (SSSR count). The van der Waals surface area contributed by atoms with E-state index in [9.17, 15) is 9.90 Å². The van der Waals surface area contributed by atoms with Gasteiger partial charge in [-0.2, -0.15) is 0 Å². The number of amidine groups is 1. The Morgan fingerprint density at radius 3 is 2.35 bits per heavy atom. The van der Waals surface area contributed by atoms with Crippen LogP contribution in [0.2, 0.25) is 0 Å². The summed E-state index contributed by atoms with van der Waals surface area (Å²) in [6, 6.07) is 10.2. The minimum absolute atomic E-state index is 0.0156. The van der Waals surface area contributed by atoms with Gasteiger partial charge < -0.3 is 16.6 Å². The average molecular weight is 273 g/mol. The molecule has 0 bridgehead atoms. The maximum atomic E-state index is 11.2. The molecule has 1 aliphatic carbocycles. The van der Waals surface area contributed by atoms with E-state index in [1.54, 1.807) is 0 Å². The Labute approximate surface area is 118 Å². The first-order chi connectivity index (χ1) is 9.54. The van der Waals surface area contributed by atoms with Crippen molar-refractivity contribution in [2.45, 2.75) is 18.8 Å². The van der Waals surface area contributed by atoms with Gasteiger partial charge in [0.15, 0.2) is 0 Å². The van der Waals surface area contributed by atoms with E-state index in [0.717, 1.165) is 12.8 Å². The van der Waals surface area contributed by atoms with Crippen molar-refractivity contribution in [3.05, 3.63) is 47.2 Å². The van der Waals surface area contributed by atoms with Crippen molar-refractivity contribution in [1.29, 1.82) is 0 Å². The van der Waals surface area contributed by atoms with Crippen molar-refractivity contribution in [1.82, 2.24) is 0 Å². The maximum absolute atomic E-state index is 11.2. The van der Waals surface area contributed by atoms with Crippen LogP contribution in [0.4, 0.5) is 0 Å². The Morgan fingerprint density at radius 1 is 1.25 bits per heavy atom. The van der Waals surface area contributed by atoms with Gasteiger partial charge >= 0.3 is 5.97 Å². The normalized spacial score (nSPS) is 23.8. The second kappa shape index (κ2) is 5.77. The average Bonchev–Trinajstić information content (AvgIpc) is 2.37. The molecule has 5 heteroatoms. The minimum Gasteiger partial charge on any atom is -0.477 e. The number of carboxylic acids is 1. The fourth-order valence-electron chi connectivity index (χ4n) is 2.57. The molecule has 0 aliphatic heterocycles. The molecule has 5 nitrogen and oxygen atoms in total. The summed E-state index contributed by atoms with van der Waals surface area (Å²) in [6.07, 6.45) is 1.70. The van der Waals surface area contributed by atoms with Crippen LogP contribution in [-0.2, 0) is 4.79 Å². The maximum Gasteiger partial charge on any atom is 0.341 e. The van der Waals surface area contributed by atoms with Crippen molar-refractivity contribution < 1.29 is 9.90 Å². The molecule has 0 unspecified atom stereocenters. The highest BCUT2D eigenvalue weighted by Crippen LogP contribution is 2.44. The predicted molar refractivity (Wildman–Crippen MR) is 78.3 cm³/mol. The number of hydrogen-bond acceptors (Lipinski definition) is 3. The van der Waals surface area contributed by atoms with Crippen LogP contribution in [0.5, 0.6) is 0 Å². The summed E-state index contributed by atoms with van der Waals surface area (Å²) < 4.78 is 0. The summed E-state index contributed by atoms with van der Waals surface area (Å²) in [7, 11) is 1.46. The van der Waals surface area contributed by atoms with Crippen molar-refractivity contribution in [3.63, 3.8) is 0 Å². The van der Waals surface area contributed by atoms with Crippen LogP contribution < -0.4 is 11.5 Å². The Kier molecular flexibility index (Phi) is 4.08. The first-order valence-corrected chi connectivity index (χ1v) is 6.55. The summed E-state index contributed by atoms with van der Waals surface area (Å²) in [4.78, 5) is 15.0. The number of carbonyl (C=O) groups is 1. The van der Waals surface area contributed by atoms with Crippen LogP contribution >= 0.6 is 0 Å². The zero-order valence-corrected chi connectivity index (χ0v) is 11.4. The molecule has 0 heterocycles. The standard InChI is InChI=1S/C15H19N3O2/c1-18-14(17)12(15(19)20)13(16)11-7-10(8-11)9-5-3-2-4-6-9/h2-6,10-11H,7-8,16H2,1H3,(H2,17,18)(H,19,20)/b13-12+. The third kappa shape index (κ3) is 2.66. The monoisotopic (exact) mass is 273 g/mol. The smallest absolute Gasteiger partial charge is 0.341 e. The summed E-state index contributed by atoms with van der Waals surface area (Å²) in [5, 5.41) is 9.20. The van der Waals surface area contributed by atoms with Gasteiger partial charge in [0.1, 0.15) is 11.4 Å². The highest BCUT2D eigenvalue weighted by molar-refractivity contribution is 6.18. The fraction of sp³-hybridized carbons (Fsp3) is 0.333. The molecule has 0 atom stereocenters. The van der Waals surface area contributed by atoms with E-state index in [1.165, 1.54) is 12.6 Å². The molecule has 5 N–H and O–H groups in total. The van der Waals surface area contributed by atoms with Crippen LogP contribution in [0.15, 0.2) is 46.6 Å². The highest BCUT2D eigenvalue weighted by atomic mass is 16.4. The topological polar surface area (TPSA) is 102 Å². The molecule has 1 saturated carbocycles. The van der Waals surface area contributed by atoms with Crippen LogP contribution in [-0.4, -0.2) is 24.0 Å². The second-order valence-corrected chi connectivity index (χ2v) is 5.02. The number of carboxylic acid groups (broad SMARTS) is 1. The van der Waals surface area contributed by atoms with Crippen molar-refractivity contribution >= 4 is 11.8 Å². The quantitative estimate of drug-likeness (QED) is 0.439. The lowest BCUT2D eigenvalue weighted by molar-refractivity contribution is -0.132. The Hall–Kier alpha value is -2.30. The fourth-order valence-corrected chi connectivity index (χ4v) is 2.57. The molecule has 20 heavy (non-hydrogen) atoms. The van der Waals surface area contributed by atoms with Gasteiger partial charge in [-0.1, -0.05) is 30.3 Å². The molecule has 0 saturated heterocycles. The van der Waals surface area contributed by atoms with Gasteiger partial charge in [-0.15, -0.1) is 0 Å². The molecule has 0 spiro atoms. The zero-order valence-electron chi connectivity index (χ0n) is 11.4. The van der Waals surface area contributed by atoms with E-state index in [4.69, 9.17) is 11.5 Å². The minimum atomic E-state index is -1.12. The lowest BCUT2D eigenvalue weighted by atomic mass is 9.69. The number of nitrogens with two attached hydrogens (primary N) is 2. The molecule has 1 aromatic rings. The molecule has 0 aromatic heterocycles. The van der Waals surface area contributed by atoms with Crippen LogP contribution in [0.1, 0.15) is 24.3 Å². The SMILES string of the molecule is CN=C(N)/C(C(=O)O)=C(\N)C1CC(c2ccccc2)C1. The molecule has 0 radical (unpaired) electrons. The second-order valence-electron chi connectivity index (χ2n) is 5.02. The number of benzene rings is 1. The van der Waals surface area contributed by atoms with Crippen LogP contribution in [0.25, 0.3) is 0 Å². The van der Waals surface area contributed by atoms with E-state index < -0.39 is 5.97 Å². The number of nitrogens with zero attached hydrogens (tertiary/aromatic N) is 1. The van der Waals surface area contributed by atoms with Gasteiger partial charge in [0.25, 0.3) is 0 Å². The van der Waals surface area contributed by atoms with Crippen molar-refractivity contribution in [2.24, 2.45) is 22.4 Å². The van der Waals surface area contributed by atoms with Gasteiger partial charge in [-0.05, 0) is 24.3 Å². The number of rotatable bonds is 4. The van der Waals surface area contributed by atoms with Crippen LogP contribution in [0, 0.1) is 5.92 Å². The first-order valence-electron chi connectivity index (χ1n) is 6.55. The van der Waals surface area contributed by atoms with Gasteiger partial charge in [0, 0.05) is 18.7 Å². The van der Waals surface area contributed by atoms with Gasteiger partial charge in [0.2, 0.25) is 0 Å². The Balaban J connectivity index is 2.13. The van der Waals surface area contributed by atoms with Gasteiger partial charge in [-0.25, -0.2) is 4.79 Å². The third-order valence-electron chi connectivity index (χ3n) is 3.85. The van der Waals surface area contributed by atoms with Gasteiger partial charge in [0.05, 0.1) is 0 Å². The van der Waals surface area contributed by atoms with E-state index in [0.29, 0.717) is 11.6 Å². The number of allylic oxidation sites excluding steroid dienone is 1. The largest absolute Gasteiger partial charge is 0.477 e. The summed E-state index contributed by atoms with van der Waals surface area (Å²) in [5.41, 5.74) is 13.1. The summed E-state index contributed by atoms with van der Waals surface area (Å²) in [6.45, 7) is 0. The lowest BCUT2D eigenvalue weighted by Crippen LogP contribution is -2.33. The van der Waals surface area contributed by atoms with Crippen molar-refractivity contribution in [2.75, 3.05) is 7.05 Å². The van der Waals surface area contributed by atoms with Gasteiger partial charge in [-0.3, -0.25) is 4.99 Å². The molecule has 1 fully saturated rings. The lowest BCUT2D eigenvalue weighted by Gasteiger charge is -2.36.